The monoisotopic (exact) mass is 280 g/mol. The van der Waals surface area contributed by atoms with Crippen molar-refractivity contribution in [2.75, 3.05) is 6.54 Å². The van der Waals surface area contributed by atoms with E-state index in [1.54, 1.807) is 0 Å². The number of rotatable bonds is 5. The molecule has 2 N–H and O–H groups in total. The fourth-order valence-corrected chi connectivity index (χ4v) is 2.64. The molecule has 1 amide bonds. The minimum absolute atomic E-state index is 0.140. The van der Waals surface area contributed by atoms with Crippen LogP contribution in [0.3, 0.4) is 0 Å². The lowest BCUT2D eigenvalue weighted by atomic mass is 10.1. The summed E-state index contributed by atoms with van der Waals surface area (Å²) in [5.41, 5.74) is 1.19. The van der Waals surface area contributed by atoms with E-state index in [1.807, 2.05) is 31.2 Å². The molecule has 1 aromatic rings. The molecular weight excluding hydrogens is 260 g/mol. The number of amides is 1. The van der Waals surface area contributed by atoms with Crippen LogP contribution in [0.15, 0.2) is 24.3 Å². The Morgan fingerprint density at radius 1 is 1.47 bits per heavy atom. The van der Waals surface area contributed by atoms with Gasteiger partial charge in [0.2, 0.25) is 5.91 Å². The summed E-state index contributed by atoms with van der Waals surface area (Å²) >= 11 is 5.85. The fraction of sp³-hybridized carbons (Fsp3) is 0.533. The molecule has 2 atom stereocenters. The summed E-state index contributed by atoms with van der Waals surface area (Å²) in [5, 5.41) is 7.14. The van der Waals surface area contributed by atoms with E-state index in [0.717, 1.165) is 24.4 Å². The smallest absolute Gasteiger partial charge is 0.221 e. The second-order valence-electron chi connectivity index (χ2n) is 5.30. The molecule has 2 rings (SSSR count). The third kappa shape index (κ3) is 4.84. The van der Waals surface area contributed by atoms with Gasteiger partial charge in [0.25, 0.3) is 0 Å². The van der Waals surface area contributed by atoms with Gasteiger partial charge in [-0.25, -0.2) is 0 Å². The van der Waals surface area contributed by atoms with Crippen LogP contribution in [0.1, 0.15) is 31.7 Å². The van der Waals surface area contributed by atoms with Gasteiger partial charge in [0.1, 0.15) is 0 Å². The van der Waals surface area contributed by atoms with Crippen LogP contribution in [0.4, 0.5) is 0 Å². The third-order valence-corrected chi connectivity index (χ3v) is 3.71. The predicted molar refractivity (Wildman–Crippen MR) is 78.4 cm³/mol. The Labute approximate surface area is 119 Å². The number of nitrogens with one attached hydrogen (secondary N) is 2. The van der Waals surface area contributed by atoms with Gasteiger partial charge in [-0.3, -0.25) is 4.79 Å². The minimum Gasteiger partial charge on any atom is -0.353 e. The van der Waals surface area contributed by atoms with E-state index in [1.165, 1.54) is 12.0 Å². The van der Waals surface area contributed by atoms with Crippen molar-refractivity contribution in [2.24, 2.45) is 0 Å². The molecule has 0 aromatic heterocycles. The van der Waals surface area contributed by atoms with Gasteiger partial charge >= 0.3 is 0 Å². The topological polar surface area (TPSA) is 41.1 Å². The lowest BCUT2D eigenvalue weighted by Gasteiger charge is -2.16. The van der Waals surface area contributed by atoms with Crippen LogP contribution < -0.4 is 10.6 Å². The lowest BCUT2D eigenvalue weighted by Crippen LogP contribution is -2.37. The third-order valence-electron chi connectivity index (χ3n) is 3.46. The Morgan fingerprint density at radius 3 is 2.84 bits per heavy atom. The molecule has 2 unspecified atom stereocenters. The van der Waals surface area contributed by atoms with Crippen LogP contribution in [0.25, 0.3) is 0 Å². The van der Waals surface area contributed by atoms with Crippen molar-refractivity contribution in [1.82, 2.24) is 10.6 Å². The van der Waals surface area contributed by atoms with E-state index in [2.05, 4.69) is 10.6 Å². The Morgan fingerprint density at radius 2 is 2.21 bits per heavy atom. The number of halogens is 1. The highest BCUT2D eigenvalue weighted by Gasteiger charge is 2.18. The highest BCUT2D eigenvalue weighted by atomic mass is 35.5. The molecule has 1 heterocycles. The molecule has 0 spiro atoms. The van der Waals surface area contributed by atoms with Crippen molar-refractivity contribution < 1.29 is 4.79 Å². The molecule has 4 heteroatoms. The first-order valence-electron chi connectivity index (χ1n) is 6.90. The van der Waals surface area contributed by atoms with Gasteiger partial charge in [-0.05, 0) is 50.4 Å². The van der Waals surface area contributed by atoms with Crippen molar-refractivity contribution in [3.63, 3.8) is 0 Å². The van der Waals surface area contributed by atoms with E-state index >= 15 is 0 Å². The van der Waals surface area contributed by atoms with E-state index in [4.69, 9.17) is 11.6 Å². The highest BCUT2D eigenvalue weighted by molar-refractivity contribution is 6.30. The van der Waals surface area contributed by atoms with Gasteiger partial charge < -0.3 is 10.6 Å². The number of hydrogen-bond acceptors (Lipinski definition) is 2. The van der Waals surface area contributed by atoms with E-state index in [0.29, 0.717) is 12.5 Å². The Kier molecular flexibility index (Phi) is 5.23. The maximum atomic E-state index is 11.9. The molecule has 1 aliphatic heterocycles. The zero-order valence-electron chi connectivity index (χ0n) is 11.3. The van der Waals surface area contributed by atoms with Gasteiger partial charge in [-0.1, -0.05) is 23.7 Å². The second kappa shape index (κ2) is 6.92. The van der Waals surface area contributed by atoms with Gasteiger partial charge in [-0.15, -0.1) is 0 Å². The molecule has 0 aliphatic carbocycles. The molecule has 1 fully saturated rings. The maximum Gasteiger partial charge on any atom is 0.221 e. The van der Waals surface area contributed by atoms with Gasteiger partial charge in [0.05, 0.1) is 0 Å². The minimum atomic E-state index is 0.140. The van der Waals surface area contributed by atoms with Crippen LogP contribution >= 0.6 is 11.6 Å². The first-order chi connectivity index (χ1) is 9.13. The second-order valence-corrected chi connectivity index (χ2v) is 5.73. The van der Waals surface area contributed by atoms with Gasteiger partial charge in [0.15, 0.2) is 0 Å². The van der Waals surface area contributed by atoms with Crippen molar-refractivity contribution >= 4 is 17.5 Å². The summed E-state index contributed by atoms with van der Waals surface area (Å²) in [6.45, 7) is 3.08. The standard InChI is InChI=1S/C15H21ClN2O/c1-11(9-12-4-6-13(16)7-5-12)18-15(19)10-14-3-2-8-17-14/h4-7,11,14,17H,2-3,8-10H2,1H3,(H,18,19). The van der Waals surface area contributed by atoms with Crippen molar-refractivity contribution in [1.29, 1.82) is 0 Å². The van der Waals surface area contributed by atoms with Gasteiger partial charge in [-0.2, -0.15) is 0 Å². The lowest BCUT2D eigenvalue weighted by molar-refractivity contribution is -0.122. The molecule has 1 saturated heterocycles. The summed E-state index contributed by atoms with van der Waals surface area (Å²) in [7, 11) is 0. The summed E-state index contributed by atoms with van der Waals surface area (Å²) in [4.78, 5) is 11.9. The van der Waals surface area contributed by atoms with Crippen LogP contribution in [0, 0.1) is 0 Å². The predicted octanol–water partition coefficient (Wildman–Crippen LogP) is 2.53. The molecule has 19 heavy (non-hydrogen) atoms. The quantitative estimate of drug-likeness (QED) is 0.870. The highest BCUT2D eigenvalue weighted by Crippen LogP contribution is 2.12. The molecular formula is C15H21ClN2O. The molecule has 104 valence electrons. The summed E-state index contributed by atoms with van der Waals surface area (Å²) in [5.74, 6) is 0.140. The summed E-state index contributed by atoms with van der Waals surface area (Å²) < 4.78 is 0. The van der Waals surface area contributed by atoms with Crippen LogP contribution in [-0.2, 0) is 11.2 Å². The number of benzene rings is 1. The zero-order valence-corrected chi connectivity index (χ0v) is 12.0. The number of hydrogen-bond donors (Lipinski definition) is 2. The first kappa shape index (κ1) is 14.4. The van der Waals surface area contributed by atoms with Crippen molar-refractivity contribution in [3.05, 3.63) is 34.9 Å². The van der Waals surface area contributed by atoms with Crippen LogP contribution in [0.2, 0.25) is 5.02 Å². The van der Waals surface area contributed by atoms with Crippen LogP contribution in [-0.4, -0.2) is 24.5 Å². The normalized spacial score (nSPS) is 20.2. The van der Waals surface area contributed by atoms with Crippen molar-refractivity contribution in [2.45, 2.75) is 44.7 Å². The Bertz CT molecular complexity index is 413. The zero-order chi connectivity index (χ0) is 13.7. The SMILES string of the molecule is CC(Cc1ccc(Cl)cc1)NC(=O)CC1CCCN1. The molecule has 3 nitrogen and oxygen atoms in total. The van der Waals surface area contributed by atoms with E-state index in [-0.39, 0.29) is 11.9 Å². The first-order valence-corrected chi connectivity index (χ1v) is 7.28. The average Bonchev–Trinajstić information content (AvgIpc) is 2.84. The Balaban J connectivity index is 1.75. The summed E-state index contributed by atoms with van der Waals surface area (Å²) in [6, 6.07) is 8.28. The molecule has 0 saturated carbocycles. The van der Waals surface area contributed by atoms with E-state index < -0.39 is 0 Å². The van der Waals surface area contributed by atoms with Crippen molar-refractivity contribution in [3.8, 4) is 0 Å². The van der Waals surface area contributed by atoms with Gasteiger partial charge in [0, 0.05) is 23.5 Å². The van der Waals surface area contributed by atoms with E-state index in [9.17, 15) is 4.79 Å². The fourth-order valence-electron chi connectivity index (χ4n) is 2.51. The average molecular weight is 281 g/mol. The largest absolute Gasteiger partial charge is 0.353 e. The number of carbonyl (C=O) groups excluding carboxylic acids is 1. The van der Waals surface area contributed by atoms with Crippen LogP contribution in [0.5, 0.6) is 0 Å². The molecule has 1 aliphatic rings. The summed E-state index contributed by atoms with van der Waals surface area (Å²) in [6.07, 6.45) is 3.71. The number of carbonyl (C=O) groups is 1. The molecule has 0 bridgehead atoms. The molecule has 1 aromatic carbocycles. The Hall–Kier alpha value is -1.06. The maximum absolute atomic E-state index is 11.9. The molecule has 0 radical (unpaired) electrons.